The number of quaternary nitrogens is 1. The van der Waals surface area contributed by atoms with Crippen molar-refractivity contribution >= 4 is 5.97 Å². The van der Waals surface area contributed by atoms with Crippen molar-refractivity contribution in [3.63, 3.8) is 0 Å². The fourth-order valence-corrected chi connectivity index (χ4v) is 2.39. The third-order valence-corrected chi connectivity index (χ3v) is 2.65. The number of ether oxygens (including phenoxy) is 1. The molecule has 0 amide bonds. The first-order valence-electron chi connectivity index (χ1n) is 5.09. The number of carboxylic acids is 1. The van der Waals surface area contributed by atoms with E-state index in [0.29, 0.717) is 17.6 Å². The van der Waals surface area contributed by atoms with Crippen molar-refractivity contribution in [3.8, 4) is 0 Å². The van der Waals surface area contributed by atoms with Gasteiger partial charge in [-0.3, -0.25) is 4.79 Å². The third kappa shape index (κ3) is 3.44. The van der Waals surface area contributed by atoms with E-state index >= 15 is 0 Å². The Bertz CT molecular complexity index is 254. The van der Waals surface area contributed by atoms with Crippen LogP contribution in [0.25, 0.3) is 0 Å². The predicted octanol–water partition coefficient (Wildman–Crippen LogP) is -0.313. The van der Waals surface area contributed by atoms with E-state index in [-0.39, 0.29) is 19.1 Å². The normalized spacial score (nSPS) is 35.1. The molecule has 2 N–H and O–H groups in total. The Hall–Kier alpha value is -0.650. The monoisotopic (exact) mass is 218 g/mol. The number of hydrogen-bond donors (Lipinski definition) is 2. The summed E-state index contributed by atoms with van der Waals surface area (Å²) < 4.78 is 6.30. The number of carboxylic acid groups (broad SMARTS) is 1. The Morgan fingerprint density at radius 2 is 2.20 bits per heavy atom. The van der Waals surface area contributed by atoms with E-state index in [0.717, 1.165) is 0 Å². The molecule has 1 heterocycles. The molecule has 0 spiro atoms. The number of aliphatic carboxylic acids is 1. The van der Waals surface area contributed by atoms with Gasteiger partial charge in [-0.25, -0.2) is 0 Å². The van der Waals surface area contributed by atoms with Crippen LogP contribution in [0.4, 0.5) is 0 Å². The van der Waals surface area contributed by atoms with Crippen LogP contribution >= 0.6 is 0 Å². The van der Waals surface area contributed by atoms with Crippen LogP contribution in [0.2, 0.25) is 0 Å². The molecule has 0 radical (unpaired) electrons. The highest BCUT2D eigenvalue weighted by Gasteiger charge is 2.43. The summed E-state index contributed by atoms with van der Waals surface area (Å²) in [6.07, 6.45) is -0.319. The molecule has 0 aromatic carbocycles. The molecule has 5 heteroatoms. The van der Waals surface area contributed by atoms with Gasteiger partial charge in [-0.05, 0) is 6.92 Å². The van der Waals surface area contributed by atoms with Crippen molar-refractivity contribution in [1.29, 1.82) is 0 Å². The van der Waals surface area contributed by atoms with Gasteiger partial charge in [-0.1, -0.05) is 0 Å². The molecule has 1 saturated heterocycles. The van der Waals surface area contributed by atoms with Crippen LogP contribution in [0, 0.1) is 0 Å². The highest BCUT2D eigenvalue weighted by molar-refractivity contribution is 5.67. The molecule has 0 saturated carbocycles. The standard InChI is InChI=1S/C10H19NO4/c1-10(7-12)6-11(2,3)5-8(15-10)4-9(13)14/h8,12H,4-7H2,1-3H3/p+1/t8-,10-/m0/s1. The Kier molecular flexibility index (Phi) is 3.38. The summed E-state index contributed by atoms with van der Waals surface area (Å²) in [7, 11) is 4.04. The molecule has 1 rings (SSSR count). The molecular formula is C10H20NO4+. The molecule has 88 valence electrons. The number of morpholine rings is 1. The third-order valence-electron chi connectivity index (χ3n) is 2.65. The first-order valence-corrected chi connectivity index (χ1v) is 5.09. The van der Waals surface area contributed by atoms with E-state index in [2.05, 4.69) is 0 Å². The van der Waals surface area contributed by atoms with Crippen molar-refractivity contribution in [2.75, 3.05) is 33.8 Å². The van der Waals surface area contributed by atoms with Crippen molar-refractivity contribution in [2.24, 2.45) is 0 Å². The number of aliphatic hydroxyl groups excluding tert-OH is 1. The molecule has 1 aliphatic rings. The van der Waals surface area contributed by atoms with Gasteiger partial charge in [0.2, 0.25) is 0 Å². The highest BCUT2D eigenvalue weighted by atomic mass is 16.5. The highest BCUT2D eigenvalue weighted by Crippen LogP contribution is 2.25. The van der Waals surface area contributed by atoms with E-state index in [9.17, 15) is 9.90 Å². The number of nitrogens with zero attached hydrogens (tertiary/aromatic N) is 1. The zero-order valence-corrected chi connectivity index (χ0v) is 9.56. The van der Waals surface area contributed by atoms with Crippen molar-refractivity contribution < 1.29 is 24.2 Å². The lowest BCUT2D eigenvalue weighted by atomic mass is 10.0. The van der Waals surface area contributed by atoms with Crippen molar-refractivity contribution in [1.82, 2.24) is 0 Å². The fraction of sp³-hybridized carbons (Fsp3) is 0.900. The molecule has 2 atom stereocenters. The van der Waals surface area contributed by atoms with E-state index in [1.807, 2.05) is 21.0 Å². The molecule has 0 aromatic rings. The maximum Gasteiger partial charge on any atom is 0.306 e. The SMILES string of the molecule is C[C@@]1(CO)C[N+](C)(C)C[C@H](CC(=O)O)O1. The Morgan fingerprint density at radius 3 is 2.67 bits per heavy atom. The second-order valence-corrected chi connectivity index (χ2v) is 5.22. The Balaban J connectivity index is 2.72. The van der Waals surface area contributed by atoms with Crippen LogP contribution in [0.3, 0.4) is 0 Å². The van der Waals surface area contributed by atoms with Crippen LogP contribution in [0.1, 0.15) is 13.3 Å². The molecule has 0 aromatic heterocycles. The second-order valence-electron chi connectivity index (χ2n) is 5.22. The largest absolute Gasteiger partial charge is 0.481 e. The summed E-state index contributed by atoms with van der Waals surface area (Å²) in [5.41, 5.74) is -0.623. The van der Waals surface area contributed by atoms with Crippen molar-refractivity contribution in [3.05, 3.63) is 0 Å². The van der Waals surface area contributed by atoms with Gasteiger partial charge in [0.1, 0.15) is 24.8 Å². The average molecular weight is 218 g/mol. The summed E-state index contributed by atoms with van der Waals surface area (Å²) in [5.74, 6) is -0.859. The maximum absolute atomic E-state index is 10.6. The number of carbonyl (C=O) groups is 1. The zero-order chi connectivity index (χ0) is 11.7. The van der Waals surface area contributed by atoms with Gasteiger partial charge in [0.15, 0.2) is 0 Å². The summed E-state index contributed by atoms with van der Waals surface area (Å²) in [5, 5.41) is 18.0. The molecule has 0 bridgehead atoms. The van der Waals surface area contributed by atoms with Gasteiger partial charge in [-0.2, -0.15) is 0 Å². The van der Waals surface area contributed by atoms with E-state index in [4.69, 9.17) is 9.84 Å². The van der Waals surface area contributed by atoms with E-state index in [1.165, 1.54) is 0 Å². The van der Waals surface area contributed by atoms with E-state index < -0.39 is 11.6 Å². The lowest BCUT2D eigenvalue weighted by molar-refractivity contribution is -0.909. The first-order chi connectivity index (χ1) is 6.76. The summed E-state index contributed by atoms with van der Waals surface area (Å²) >= 11 is 0. The number of rotatable bonds is 3. The van der Waals surface area contributed by atoms with E-state index in [1.54, 1.807) is 0 Å². The first kappa shape index (κ1) is 12.4. The molecular weight excluding hydrogens is 198 g/mol. The van der Waals surface area contributed by atoms with Gasteiger partial charge < -0.3 is 19.4 Å². The summed E-state index contributed by atoms with van der Waals surface area (Å²) in [6, 6.07) is 0. The quantitative estimate of drug-likeness (QED) is 0.638. The minimum Gasteiger partial charge on any atom is -0.481 e. The lowest BCUT2D eigenvalue weighted by Crippen LogP contribution is -2.62. The van der Waals surface area contributed by atoms with Gasteiger partial charge in [-0.15, -0.1) is 0 Å². The maximum atomic E-state index is 10.6. The molecule has 1 aliphatic heterocycles. The van der Waals surface area contributed by atoms with Crippen molar-refractivity contribution in [2.45, 2.75) is 25.0 Å². The van der Waals surface area contributed by atoms with Gasteiger partial charge in [0, 0.05) is 0 Å². The summed E-state index contributed by atoms with van der Waals surface area (Å²) in [4.78, 5) is 10.6. The summed E-state index contributed by atoms with van der Waals surface area (Å²) in [6.45, 7) is 3.10. The van der Waals surface area contributed by atoms with Crippen LogP contribution in [0.5, 0.6) is 0 Å². The number of likely N-dealkylation sites (N-methyl/N-ethyl adjacent to an activating group) is 1. The molecule has 0 aliphatic carbocycles. The Morgan fingerprint density at radius 1 is 1.60 bits per heavy atom. The van der Waals surface area contributed by atoms with Crippen LogP contribution in [-0.4, -0.2) is 66.2 Å². The molecule has 0 unspecified atom stereocenters. The number of hydrogen-bond acceptors (Lipinski definition) is 3. The number of aliphatic hydroxyl groups is 1. The van der Waals surface area contributed by atoms with Crippen LogP contribution < -0.4 is 0 Å². The second kappa shape index (κ2) is 4.08. The van der Waals surface area contributed by atoms with Gasteiger partial charge >= 0.3 is 5.97 Å². The Labute approximate surface area is 89.9 Å². The predicted molar refractivity (Wildman–Crippen MR) is 54.5 cm³/mol. The average Bonchev–Trinajstić information content (AvgIpc) is 1.98. The van der Waals surface area contributed by atoms with Crippen LogP contribution in [-0.2, 0) is 9.53 Å². The minimum absolute atomic E-state index is 0.00271. The lowest BCUT2D eigenvalue weighted by Gasteiger charge is -2.46. The fourth-order valence-electron chi connectivity index (χ4n) is 2.39. The van der Waals surface area contributed by atoms with Crippen LogP contribution in [0.15, 0.2) is 0 Å². The topological polar surface area (TPSA) is 66.8 Å². The zero-order valence-electron chi connectivity index (χ0n) is 9.56. The van der Waals surface area contributed by atoms with Gasteiger partial charge in [0.25, 0.3) is 0 Å². The molecule has 1 fully saturated rings. The molecule has 15 heavy (non-hydrogen) atoms. The smallest absolute Gasteiger partial charge is 0.306 e. The van der Waals surface area contributed by atoms with Gasteiger partial charge in [0.05, 0.1) is 27.1 Å². The minimum atomic E-state index is -0.859. The molecule has 5 nitrogen and oxygen atoms in total.